The lowest BCUT2D eigenvalue weighted by molar-refractivity contribution is 1.03. The molecule has 2 aromatic heterocycles. The molecule has 0 saturated heterocycles. The van der Waals surface area contributed by atoms with Crippen LogP contribution in [0.5, 0.6) is 0 Å². The molecule has 0 fully saturated rings. The van der Waals surface area contributed by atoms with Crippen LogP contribution < -0.4 is 21.9 Å². The van der Waals surface area contributed by atoms with E-state index in [1.54, 1.807) is 18.3 Å². The van der Waals surface area contributed by atoms with Crippen LogP contribution >= 0.6 is 11.6 Å². The fourth-order valence-electron chi connectivity index (χ4n) is 2.18. The molecule has 0 saturated carbocycles. The van der Waals surface area contributed by atoms with Crippen molar-refractivity contribution < 1.29 is 0 Å². The predicted molar refractivity (Wildman–Crippen MR) is 89.1 cm³/mol. The topological polar surface area (TPSA) is 90.5 Å². The van der Waals surface area contributed by atoms with Crippen molar-refractivity contribution in [2.45, 2.75) is 6.42 Å². The van der Waals surface area contributed by atoms with Gasteiger partial charge < -0.3 is 10.7 Å². The van der Waals surface area contributed by atoms with E-state index < -0.39 is 0 Å². The molecule has 5 nitrogen and oxygen atoms in total. The zero-order valence-corrected chi connectivity index (χ0v) is 12.4. The molecule has 0 aliphatic rings. The van der Waals surface area contributed by atoms with Gasteiger partial charge in [0.25, 0.3) is 5.56 Å². The summed E-state index contributed by atoms with van der Waals surface area (Å²) in [6.07, 6.45) is 6.09. The number of nitrogen functional groups attached to an aromatic ring is 1. The summed E-state index contributed by atoms with van der Waals surface area (Å²) in [4.78, 5) is 14.9. The molecule has 5 N–H and O–H groups in total. The van der Waals surface area contributed by atoms with Gasteiger partial charge in [0.1, 0.15) is 0 Å². The Balaban J connectivity index is 1.98. The van der Waals surface area contributed by atoms with Gasteiger partial charge in [0.15, 0.2) is 0 Å². The zero-order valence-electron chi connectivity index (χ0n) is 11.7. The lowest BCUT2D eigenvalue weighted by atomic mass is 10.1. The second-order valence-electron chi connectivity index (χ2n) is 4.97. The molecule has 1 aromatic carbocycles. The van der Waals surface area contributed by atoms with Gasteiger partial charge in [-0.2, -0.15) is 0 Å². The highest BCUT2D eigenvalue weighted by Crippen LogP contribution is 2.09. The quantitative estimate of drug-likeness (QED) is 0.546. The third-order valence-corrected chi connectivity index (χ3v) is 3.56. The van der Waals surface area contributed by atoms with Gasteiger partial charge in [0.05, 0.1) is 15.6 Å². The van der Waals surface area contributed by atoms with E-state index in [9.17, 15) is 4.79 Å². The van der Waals surface area contributed by atoms with Crippen LogP contribution in [0.25, 0.3) is 12.2 Å². The number of anilines is 1. The molecule has 22 heavy (non-hydrogen) atoms. The van der Waals surface area contributed by atoms with Gasteiger partial charge in [0.2, 0.25) is 0 Å². The molecule has 0 aliphatic heterocycles. The lowest BCUT2D eigenvalue weighted by Crippen LogP contribution is -2.33. The summed E-state index contributed by atoms with van der Waals surface area (Å²) < 4.78 is 0. The minimum Gasteiger partial charge on any atom is -0.399 e. The maximum atomic E-state index is 11.9. The molecular formula is C16H15ClN4O. The van der Waals surface area contributed by atoms with Crippen molar-refractivity contribution in [3.05, 3.63) is 73.7 Å². The summed E-state index contributed by atoms with van der Waals surface area (Å²) in [6.45, 7) is 0. The number of aromatic nitrogens is 3. The van der Waals surface area contributed by atoms with Crippen molar-refractivity contribution in [3.8, 4) is 0 Å². The number of rotatable bonds is 3. The van der Waals surface area contributed by atoms with Crippen LogP contribution in [0.2, 0.25) is 5.02 Å². The van der Waals surface area contributed by atoms with Crippen LogP contribution in [-0.2, 0) is 6.42 Å². The summed E-state index contributed by atoms with van der Waals surface area (Å²) in [5.41, 5.74) is 8.12. The average Bonchev–Trinajstić information content (AvgIpc) is 3.06. The minimum absolute atomic E-state index is 0.172. The van der Waals surface area contributed by atoms with Gasteiger partial charge >= 0.3 is 0 Å². The molecule has 0 atom stereocenters. The Morgan fingerprint density at radius 2 is 1.95 bits per heavy atom. The molecule has 0 aliphatic carbocycles. The summed E-state index contributed by atoms with van der Waals surface area (Å²) in [5, 5.41) is 7.40. The molecule has 0 unspecified atom stereocenters. The van der Waals surface area contributed by atoms with Gasteiger partial charge in [-0.15, -0.1) is 0 Å². The minimum atomic E-state index is -0.172. The number of nitrogens with two attached hydrogens (primary N) is 1. The van der Waals surface area contributed by atoms with E-state index in [0.29, 0.717) is 16.7 Å². The van der Waals surface area contributed by atoms with Crippen molar-refractivity contribution in [2.24, 2.45) is 0 Å². The van der Waals surface area contributed by atoms with E-state index in [4.69, 9.17) is 17.3 Å². The molecule has 6 heteroatoms. The summed E-state index contributed by atoms with van der Waals surface area (Å²) in [5.74, 6) is 0. The van der Waals surface area contributed by atoms with Crippen molar-refractivity contribution in [1.29, 1.82) is 0 Å². The van der Waals surface area contributed by atoms with Crippen LogP contribution in [-0.4, -0.2) is 15.2 Å². The first-order chi connectivity index (χ1) is 10.6. The Morgan fingerprint density at radius 3 is 2.64 bits per heavy atom. The second kappa shape index (κ2) is 5.99. The first kappa shape index (κ1) is 14.3. The number of aromatic amines is 3. The molecule has 2 heterocycles. The summed E-state index contributed by atoms with van der Waals surface area (Å²) in [7, 11) is 0. The van der Waals surface area contributed by atoms with Crippen LogP contribution in [0.3, 0.4) is 0 Å². The number of H-pyrrole nitrogens is 3. The number of hydrogen-bond acceptors (Lipinski definition) is 2. The summed E-state index contributed by atoms with van der Waals surface area (Å²) >= 11 is 5.87. The third kappa shape index (κ3) is 3.15. The Hall–Kier alpha value is -2.66. The lowest BCUT2D eigenvalue weighted by Gasteiger charge is -1.96. The second-order valence-corrected chi connectivity index (χ2v) is 5.41. The fourth-order valence-corrected chi connectivity index (χ4v) is 2.35. The molecule has 0 radical (unpaired) electrons. The van der Waals surface area contributed by atoms with Gasteiger partial charge in [-0.1, -0.05) is 29.8 Å². The van der Waals surface area contributed by atoms with Crippen molar-refractivity contribution in [3.63, 3.8) is 0 Å². The van der Waals surface area contributed by atoms with Gasteiger partial charge in [-0.3, -0.25) is 15.0 Å². The van der Waals surface area contributed by atoms with Gasteiger partial charge in [-0.25, -0.2) is 0 Å². The highest BCUT2D eigenvalue weighted by atomic mass is 35.5. The van der Waals surface area contributed by atoms with E-state index in [1.807, 2.05) is 30.3 Å². The first-order valence-corrected chi connectivity index (χ1v) is 7.16. The molecule has 3 aromatic rings. The van der Waals surface area contributed by atoms with Gasteiger partial charge in [0, 0.05) is 17.6 Å². The Bertz CT molecular complexity index is 947. The smallest absolute Gasteiger partial charge is 0.271 e. The predicted octanol–water partition coefficient (Wildman–Crippen LogP) is 1.12. The van der Waals surface area contributed by atoms with Crippen molar-refractivity contribution in [1.82, 2.24) is 15.2 Å². The number of nitrogens with one attached hydrogen (secondary N) is 3. The van der Waals surface area contributed by atoms with Crippen LogP contribution in [0.1, 0.15) is 11.3 Å². The molecule has 0 spiro atoms. The van der Waals surface area contributed by atoms with Crippen LogP contribution in [0.15, 0.2) is 41.3 Å². The van der Waals surface area contributed by atoms with Crippen molar-refractivity contribution in [2.75, 3.05) is 5.73 Å². The summed E-state index contributed by atoms with van der Waals surface area (Å²) in [6, 6.07) is 9.40. The van der Waals surface area contributed by atoms with Crippen LogP contribution in [0.4, 0.5) is 5.69 Å². The maximum Gasteiger partial charge on any atom is 0.271 e. The Morgan fingerprint density at radius 1 is 1.18 bits per heavy atom. The number of hydrogen-bond donors (Lipinski definition) is 4. The SMILES string of the molecule is Nc1ccc(CC=c2[nH][nH]c(=O)c2=Cc2cc(Cl)c[nH]2)cc1. The average molecular weight is 315 g/mol. The first-order valence-electron chi connectivity index (χ1n) is 6.79. The zero-order chi connectivity index (χ0) is 15.5. The third-order valence-electron chi connectivity index (χ3n) is 3.34. The number of benzene rings is 1. The Labute approximate surface area is 131 Å². The van der Waals surface area contributed by atoms with Crippen LogP contribution in [0, 0.1) is 0 Å². The Kier molecular flexibility index (Phi) is 3.89. The van der Waals surface area contributed by atoms with E-state index in [1.165, 1.54) is 0 Å². The monoisotopic (exact) mass is 314 g/mol. The van der Waals surface area contributed by atoms with E-state index in [0.717, 1.165) is 22.3 Å². The fraction of sp³-hybridized carbons (Fsp3) is 0.0625. The maximum absolute atomic E-state index is 11.9. The van der Waals surface area contributed by atoms with E-state index in [-0.39, 0.29) is 5.56 Å². The molecule has 0 amide bonds. The standard InChI is InChI=1S/C16H15ClN4O/c17-11-7-13(19-9-11)8-14-15(20-21-16(14)22)6-3-10-1-4-12(18)5-2-10/h1-2,4-9,19-20H,3,18H2,(H,21,22). The molecular weight excluding hydrogens is 300 g/mol. The molecule has 0 bridgehead atoms. The van der Waals surface area contributed by atoms with Crippen molar-refractivity contribution >= 4 is 29.4 Å². The highest BCUT2D eigenvalue weighted by molar-refractivity contribution is 6.30. The largest absolute Gasteiger partial charge is 0.399 e. The molecule has 112 valence electrons. The van der Waals surface area contributed by atoms with E-state index >= 15 is 0 Å². The highest BCUT2D eigenvalue weighted by Gasteiger charge is 1.98. The normalized spacial score (nSPS) is 13.0. The number of halogens is 1. The van der Waals surface area contributed by atoms with Gasteiger partial charge in [-0.05, 0) is 36.3 Å². The molecule has 3 rings (SSSR count). The van der Waals surface area contributed by atoms with E-state index in [2.05, 4.69) is 15.2 Å².